The largest absolute Gasteiger partial charge is 0.412 e. The van der Waals surface area contributed by atoms with Gasteiger partial charge in [-0.2, -0.15) is 0 Å². The zero-order valence-corrected chi connectivity index (χ0v) is 6.28. The Hall–Kier alpha value is -1.68. The van der Waals surface area contributed by atoms with Crippen molar-refractivity contribution in [1.29, 1.82) is 0 Å². The van der Waals surface area contributed by atoms with Crippen LogP contribution in [0.15, 0.2) is 0 Å². The highest BCUT2D eigenvalue weighted by Gasteiger charge is 2.13. The van der Waals surface area contributed by atoms with Crippen molar-refractivity contribution in [2.24, 2.45) is 0 Å². The molecule has 0 aromatic heterocycles. The molecule has 3 N–H and O–H groups in total. The number of hydrogen-bond donors (Lipinski definition) is 1. The maximum absolute atomic E-state index is 9.66. The van der Waals surface area contributed by atoms with E-state index in [1.807, 2.05) is 0 Å². The molecule has 10 nitrogen and oxygen atoms in total. The number of aliphatic hydroxyl groups is 1. The minimum Gasteiger partial charge on any atom is -0.412 e. The molecule has 1 atom stereocenters. The predicted molar refractivity (Wildman–Crippen MR) is 35.5 cm³/mol. The first-order valence-corrected chi connectivity index (χ1v) is 2.75. The molecule has 0 saturated carbocycles. The van der Waals surface area contributed by atoms with Crippen LogP contribution in [0.2, 0.25) is 0 Å². The van der Waals surface area contributed by atoms with Gasteiger partial charge in [0.25, 0.3) is 10.2 Å². The van der Waals surface area contributed by atoms with Gasteiger partial charge in [-0.05, 0) is 0 Å². The molecule has 0 aliphatic rings. The average Bonchev–Trinajstić information content (AvgIpc) is 1.97. The van der Waals surface area contributed by atoms with Crippen LogP contribution < -0.4 is 0 Å². The fourth-order valence-corrected chi connectivity index (χ4v) is 0.382. The van der Waals surface area contributed by atoms with Gasteiger partial charge in [0.1, 0.15) is 6.61 Å². The van der Waals surface area contributed by atoms with Gasteiger partial charge < -0.3 is 20.3 Å². The Morgan fingerprint density at radius 1 is 1.31 bits per heavy atom. The third-order valence-electron chi connectivity index (χ3n) is 0.805. The third-order valence-corrected chi connectivity index (χ3v) is 0.805. The Kier molecular flexibility index (Phi) is 7.47. The minimum absolute atomic E-state index is 0. The molecule has 0 heterocycles. The second kappa shape index (κ2) is 7.00. The van der Waals surface area contributed by atoms with Crippen molar-refractivity contribution in [1.82, 2.24) is 0 Å². The molecule has 0 bridgehead atoms. The van der Waals surface area contributed by atoms with E-state index < -0.39 is 29.5 Å². The molecular formula is C3H8N2O8. The highest BCUT2D eigenvalue weighted by atomic mass is 17.0. The van der Waals surface area contributed by atoms with E-state index in [9.17, 15) is 20.2 Å². The van der Waals surface area contributed by atoms with Gasteiger partial charge in [-0.1, -0.05) is 0 Å². The van der Waals surface area contributed by atoms with Gasteiger partial charge in [0.05, 0.1) is 6.61 Å². The molecule has 0 amide bonds. The van der Waals surface area contributed by atoms with Crippen molar-refractivity contribution in [3.8, 4) is 0 Å². The number of rotatable bonds is 6. The molecular weight excluding hydrogens is 192 g/mol. The van der Waals surface area contributed by atoms with E-state index in [2.05, 4.69) is 9.68 Å². The number of nitrogens with zero attached hydrogens (tertiary/aromatic N) is 2. The average molecular weight is 200 g/mol. The monoisotopic (exact) mass is 200 g/mol. The summed E-state index contributed by atoms with van der Waals surface area (Å²) in [5.41, 5.74) is 0. The second-order valence-electron chi connectivity index (χ2n) is 1.65. The Morgan fingerprint density at radius 3 is 2.15 bits per heavy atom. The summed E-state index contributed by atoms with van der Waals surface area (Å²) in [5.74, 6) is 0. The summed E-state index contributed by atoms with van der Waals surface area (Å²) in [5, 5.41) is 25.3. The van der Waals surface area contributed by atoms with Crippen molar-refractivity contribution < 1.29 is 30.4 Å². The summed E-state index contributed by atoms with van der Waals surface area (Å²) >= 11 is 0. The molecule has 0 saturated heterocycles. The Balaban J connectivity index is 0. The summed E-state index contributed by atoms with van der Waals surface area (Å²) in [6, 6.07) is 0. The van der Waals surface area contributed by atoms with Crippen molar-refractivity contribution in [2.45, 2.75) is 6.10 Å². The van der Waals surface area contributed by atoms with E-state index in [1.165, 1.54) is 0 Å². The Morgan fingerprint density at radius 2 is 1.85 bits per heavy atom. The lowest BCUT2D eigenvalue weighted by Crippen LogP contribution is -2.27. The first kappa shape index (κ1) is 13.9. The minimum atomic E-state index is -1.33. The van der Waals surface area contributed by atoms with Gasteiger partial charge in [0, 0.05) is 0 Å². The zero-order chi connectivity index (χ0) is 9.56. The Labute approximate surface area is 71.2 Å². The van der Waals surface area contributed by atoms with E-state index in [4.69, 9.17) is 5.11 Å². The van der Waals surface area contributed by atoms with E-state index in [1.54, 1.807) is 0 Å². The maximum atomic E-state index is 9.66. The quantitative estimate of drug-likeness (QED) is 0.381. The summed E-state index contributed by atoms with van der Waals surface area (Å²) in [4.78, 5) is 26.8. The molecule has 78 valence electrons. The molecule has 0 aromatic rings. The predicted octanol–water partition coefficient (Wildman–Crippen LogP) is -2.06. The van der Waals surface area contributed by atoms with Crippen molar-refractivity contribution in [3.63, 3.8) is 0 Å². The third kappa shape index (κ3) is 8.22. The molecule has 13 heavy (non-hydrogen) atoms. The smallest absolute Gasteiger partial charge is 0.294 e. The topological polar surface area (TPSA) is 156 Å². The molecule has 0 fully saturated rings. The zero-order valence-electron chi connectivity index (χ0n) is 6.28. The molecule has 10 heteroatoms. The number of hydrogen-bond acceptors (Lipinski definition) is 7. The molecule has 0 aromatic carbocycles. The van der Waals surface area contributed by atoms with Crippen LogP contribution in [-0.2, 0) is 9.68 Å². The SMILES string of the molecule is O.O=[N+]([O-])OCC(CO)O[N+](=O)[O-]. The lowest BCUT2D eigenvalue weighted by molar-refractivity contribution is -0.790. The van der Waals surface area contributed by atoms with Crippen LogP contribution in [-0.4, -0.2) is 40.1 Å². The van der Waals surface area contributed by atoms with Gasteiger partial charge >= 0.3 is 0 Å². The number of aliphatic hydroxyl groups excluding tert-OH is 1. The summed E-state index contributed by atoms with van der Waals surface area (Å²) in [7, 11) is 0. The second-order valence-corrected chi connectivity index (χ2v) is 1.65. The molecule has 1 unspecified atom stereocenters. The summed E-state index contributed by atoms with van der Waals surface area (Å²) in [6.45, 7) is -1.40. The fourth-order valence-electron chi connectivity index (χ4n) is 0.382. The molecule has 0 radical (unpaired) electrons. The summed E-state index contributed by atoms with van der Waals surface area (Å²) in [6.07, 6.45) is -1.33. The first-order valence-electron chi connectivity index (χ1n) is 2.75. The standard InChI is InChI=1S/C3H6N2O7.H2O/c6-1-3(12-5(9)10)2-11-4(7)8;/h3,6H,1-2H2;1H2. The van der Waals surface area contributed by atoms with Gasteiger partial charge in [-0.15, -0.1) is 20.2 Å². The summed E-state index contributed by atoms with van der Waals surface area (Å²) < 4.78 is 0. The normalized spacial score (nSPS) is 10.8. The van der Waals surface area contributed by atoms with Crippen LogP contribution in [0.3, 0.4) is 0 Å². The van der Waals surface area contributed by atoms with Crippen molar-refractivity contribution in [3.05, 3.63) is 20.2 Å². The van der Waals surface area contributed by atoms with Crippen LogP contribution in [0.4, 0.5) is 0 Å². The van der Waals surface area contributed by atoms with Crippen molar-refractivity contribution in [2.75, 3.05) is 13.2 Å². The highest BCUT2D eigenvalue weighted by Crippen LogP contribution is 1.92. The van der Waals surface area contributed by atoms with E-state index in [0.717, 1.165) is 0 Å². The Bertz CT molecular complexity index is 171. The lowest BCUT2D eigenvalue weighted by atomic mass is 10.4. The van der Waals surface area contributed by atoms with Crippen LogP contribution >= 0.6 is 0 Å². The van der Waals surface area contributed by atoms with E-state index in [0.29, 0.717) is 0 Å². The molecule has 0 spiro atoms. The first-order chi connectivity index (χ1) is 5.56. The maximum Gasteiger partial charge on any atom is 0.294 e. The van der Waals surface area contributed by atoms with Crippen LogP contribution in [0, 0.1) is 20.2 Å². The van der Waals surface area contributed by atoms with Crippen LogP contribution in [0.1, 0.15) is 0 Å². The fraction of sp³-hybridized carbons (Fsp3) is 1.00. The van der Waals surface area contributed by atoms with E-state index in [-0.39, 0.29) is 5.48 Å². The van der Waals surface area contributed by atoms with Gasteiger partial charge in [-0.25, -0.2) is 0 Å². The van der Waals surface area contributed by atoms with E-state index >= 15 is 0 Å². The van der Waals surface area contributed by atoms with Gasteiger partial charge in [0.2, 0.25) is 0 Å². The molecule has 0 aliphatic heterocycles. The van der Waals surface area contributed by atoms with Gasteiger partial charge in [0.15, 0.2) is 6.10 Å². The molecule has 0 rings (SSSR count). The van der Waals surface area contributed by atoms with Gasteiger partial charge in [-0.3, -0.25) is 0 Å². The molecule has 0 aliphatic carbocycles. The van der Waals surface area contributed by atoms with Crippen LogP contribution in [0.5, 0.6) is 0 Å². The lowest BCUT2D eigenvalue weighted by Gasteiger charge is -2.08. The van der Waals surface area contributed by atoms with Crippen LogP contribution in [0.25, 0.3) is 0 Å². The highest BCUT2D eigenvalue weighted by molar-refractivity contribution is 4.48. The van der Waals surface area contributed by atoms with Crippen molar-refractivity contribution >= 4 is 0 Å².